The molecule has 2 aliphatic rings. The van der Waals surface area contributed by atoms with Crippen molar-refractivity contribution >= 4 is 23.2 Å². The Morgan fingerprint density at radius 3 is 2.58 bits per heavy atom. The van der Waals surface area contributed by atoms with Crippen LogP contribution in [0.25, 0.3) is 0 Å². The maximum absolute atomic E-state index is 13.8. The summed E-state index contributed by atoms with van der Waals surface area (Å²) in [4.78, 5) is 32.2. The van der Waals surface area contributed by atoms with E-state index < -0.39 is 0 Å². The molecule has 2 heterocycles. The number of fused-ring (bicyclic) bond motifs is 1. The van der Waals surface area contributed by atoms with Crippen LogP contribution in [0.3, 0.4) is 0 Å². The lowest BCUT2D eigenvalue weighted by molar-refractivity contribution is -0.135. The third-order valence-electron chi connectivity index (χ3n) is 7.48. The molecule has 38 heavy (non-hydrogen) atoms. The number of nitrogens with zero attached hydrogens (tertiary/aromatic N) is 2. The number of amides is 2. The highest BCUT2D eigenvalue weighted by atomic mass is 32.1. The van der Waals surface area contributed by atoms with Gasteiger partial charge in [0.1, 0.15) is 24.7 Å². The quantitative estimate of drug-likeness (QED) is 0.324. The van der Waals surface area contributed by atoms with Crippen LogP contribution in [-0.4, -0.2) is 55.0 Å². The van der Waals surface area contributed by atoms with Crippen LogP contribution in [0.5, 0.6) is 11.5 Å². The van der Waals surface area contributed by atoms with Crippen LogP contribution in [0.2, 0.25) is 0 Å². The highest BCUT2D eigenvalue weighted by molar-refractivity contribution is 7.10. The topological polar surface area (TPSA) is 59.1 Å². The number of thiophene rings is 1. The first-order valence-corrected chi connectivity index (χ1v) is 14.3. The molecule has 1 saturated carbocycles. The molecule has 0 saturated heterocycles. The zero-order chi connectivity index (χ0) is 26.6. The number of hydrogen-bond acceptors (Lipinski definition) is 5. The average molecular weight is 533 g/mol. The van der Waals surface area contributed by atoms with Gasteiger partial charge in [-0.05, 0) is 84.0 Å². The van der Waals surface area contributed by atoms with Crippen LogP contribution in [0.15, 0.2) is 60.0 Å². The van der Waals surface area contributed by atoms with Crippen molar-refractivity contribution in [3.63, 3.8) is 0 Å². The van der Waals surface area contributed by atoms with Gasteiger partial charge in [0.25, 0.3) is 5.91 Å². The van der Waals surface area contributed by atoms with Gasteiger partial charge in [0.15, 0.2) is 0 Å². The Morgan fingerprint density at radius 1 is 1.08 bits per heavy atom. The van der Waals surface area contributed by atoms with E-state index in [2.05, 4.69) is 37.4 Å². The van der Waals surface area contributed by atoms with Gasteiger partial charge in [0, 0.05) is 23.5 Å². The van der Waals surface area contributed by atoms with E-state index in [0.717, 1.165) is 30.6 Å². The molecule has 0 bridgehead atoms. The molecule has 2 aromatic carbocycles. The molecule has 3 aromatic rings. The van der Waals surface area contributed by atoms with Gasteiger partial charge in [-0.3, -0.25) is 9.59 Å². The Balaban J connectivity index is 1.32. The van der Waals surface area contributed by atoms with Crippen LogP contribution in [-0.2, 0) is 11.2 Å². The second-order valence-electron chi connectivity index (χ2n) is 10.5. The summed E-state index contributed by atoms with van der Waals surface area (Å²) in [5.41, 5.74) is 2.96. The lowest BCUT2D eigenvalue weighted by atomic mass is 10.00. The van der Waals surface area contributed by atoms with Gasteiger partial charge in [-0.15, -0.1) is 11.3 Å². The predicted molar refractivity (Wildman–Crippen MR) is 150 cm³/mol. The number of methoxy groups -OCH3 is 1. The van der Waals surface area contributed by atoms with Crippen molar-refractivity contribution in [2.75, 3.05) is 33.4 Å². The fourth-order valence-electron chi connectivity index (χ4n) is 5.02. The van der Waals surface area contributed by atoms with E-state index in [9.17, 15) is 9.59 Å². The van der Waals surface area contributed by atoms with Crippen LogP contribution in [0.4, 0.5) is 0 Å². The van der Waals surface area contributed by atoms with Crippen LogP contribution in [0.1, 0.15) is 65.0 Å². The third-order valence-corrected chi connectivity index (χ3v) is 8.47. The molecule has 0 unspecified atom stereocenters. The predicted octanol–water partition coefficient (Wildman–Crippen LogP) is 5.94. The minimum Gasteiger partial charge on any atom is -0.497 e. The Labute approximate surface area is 229 Å². The zero-order valence-corrected chi connectivity index (χ0v) is 23.2. The number of hydrogen-bond donors (Lipinski definition) is 0. The standard InChI is InChI=1S/C31H36N2O4S/c1-21(2)23-9-11-25(12-10-23)37-20-28-27-14-16-38-29(27)13-15-33(28)30(34)19-32(18-22-7-8-22)31(35)24-5-4-6-26(17-24)36-3/h4-6,9-12,14,16-17,21-22,28H,7-8,13,15,18-20H2,1-3H3/t28-/m0/s1. The summed E-state index contributed by atoms with van der Waals surface area (Å²) >= 11 is 1.74. The molecule has 7 heteroatoms. The maximum atomic E-state index is 13.8. The number of benzene rings is 2. The summed E-state index contributed by atoms with van der Waals surface area (Å²) in [5, 5.41) is 2.09. The second-order valence-corrected chi connectivity index (χ2v) is 11.5. The molecule has 200 valence electrons. The van der Waals surface area contributed by atoms with Gasteiger partial charge in [-0.25, -0.2) is 0 Å². The van der Waals surface area contributed by atoms with Crippen LogP contribution in [0, 0.1) is 5.92 Å². The molecule has 6 nitrogen and oxygen atoms in total. The van der Waals surface area contributed by atoms with E-state index in [0.29, 0.717) is 42.8 Å². The number of ether oxygens (including phenoxy) is 2. The van der Waals surface area contributed by atoms with E-state index in [-0.39, 0.29) is 24.4 Å². The van der Waals surface area contributed by atoms with Gasteiger partial charge >= 0.3 is 0 Å². The van der Waals surface area contributed by atoms with Crippen LogP contribution < -0.4 is 9.47 Å². The third kappa shape index (κ3) is 6.04. The van der Waals surface area contributed by atoms with E-state index in [1.165, 1.54) is 10.4 Å². The first-order chi connectivity index (χ1) is 18.4. The van der Waals surface area contributed by atoms with Gasteiger partial charge < -0.3 is 19.3 Å². The first-order valence-electron chi connectivity index (χ1n) is 13.4. The lowest BCUT2D eigenvalue weighted by Crippen LogP contribution is -2.48. The fraction of sp³-hybridized carbons (Fsp3) is 0.419. The molecule has 0 N–H and O–H groups in total. The number of carbonyl (C=O) groups is 2. The molecular weight excluding hydrogens is 496 g/mol. The van der Waals surface area contributed by atoms with Crippen molar-refractivity contribution in [1.29, 1.82) is 0 Å². The Hall–Kier alpha value is -3.32. The molecule has 1 aromatic heterocycles. The smallest absolute Gasteiger partial charge is 0.254 e. The monoisotopic (exact) mass is 532 g/mol. The van der Waals surface area contributed by atoms with Crippen molar-refractivity contribution in [2.24, 2.45) is 5.92 Å². The highest BCUT2D eigenvalue weighted by Crippen LogP contribution is 2.35. The van der Waals surface area contributed by atoms with E-state index in [1.54, 1.807) is 35.5 Å². The average Bonchev–Trinajstić information content (AvgIpc) is 3.63. The molecule has 1 aliphatic carbocycles. The van der Waals surface area contributed by atoms with Crippen molar-refractivity contribution in [2.45, 2.75) is 45.1 Å². The molecule has 1 aliphatic heterocycles. The van der Waals surface area contributed by atoms with Crippen molar-refractivity contribution in [3.8, 4) is 11.5 Å². The second kappa shape index (κ2) is 11.6. The van der Waals surface area contributed by atoms with Crippen molar-refractivity contribution < 1.29 is 19.1 Å². The van der Waals surface area contributed by atoms with E-state index in [4.69, 9.17) is 9.47 Å². The summed E-state index contributed by atoms with van der Waals surface area (Å²) in [6.45, 7) is 6.00. The summed E-state index contributed by atoms with van der Waals surface area (Å²) in [7, 11) is 1.59. The Kier molecular flexibility index (Phi) is 8.03. The minimum absolute atomic E-state index is 0.0394. The molecule has 5 rings (SSSR count). The Morgan fingerprint density at radius 2 is 1.87 bits per heavy atom. The van der Waals surface area contributed by atoms with Crippen molar-refractivity contribution in [3.05, 3.63) is 81.5 Å². The lowest BCUT2D eigenvalue weighted by Gasteiger charge is -2.37. The summed E-state index contributed by atoms with van der Waals surface area (Å²) < 4.78 is 11.5. The minimum atomic E-state index is -0.183. The van der Waals surface area contributed by atoms with Gasteiger partial charge in [0.2, 0.25) is 5.91 Å². The van der Waals surface area contributed by atoms with Gasteiger partial charge in [0.05, 0.1) is 13.2 Å². The van der Waals surface area contributed by atoms with E-state index in [1.807, 2.05) is 29.2 Å². The maximum Gasteiger partial charge on any atom is 0.254 e. The molecule has 1 fully saturated rings. The Bertz CT molecular complexity index is 1260. The summed E-state index contributed by atoms with van der Waals surface area (Å²) in [6, 6.07) is 17.3. The van der Waals surface area contributed by atoms with Crippen LogP contribution >= 0.6 is 11.3 Å². The molecule has 0 radical (unpaired) electrons. The van der Waals surface area contributed by atoms with Gasteiger partial charge in [-0.2, -0.15) is 0 Å². The highest BCUT2D eigenvalue weighted by Gasteiger charge is 2.35. The molecule has 0 spiro atoms. The molecule has 1 atom stereocenters. The fourth-order valence-corrected chi connectivity index (χ4v) is 5.95. The largest absolute Gasteiger partial charge is 0.497 e. The van der Waals surface area contributed by atoms with E-state index >= 15 is 0 Å². The first kappa shape index (κ1) is 26.3. The summed E-state index contributed by atoms with van der Waals surface area (Å²) in [6.07, 6.45) is 3.03. The zero-order valence-electron chi connectivity index (χ0n) is 22.4. The molecule has 2 amide bonds. The molecular formula is C31H36N2O4S. The van der Waals surface area contributed by atoms with Gasteiger partial charge in [-0.1, -0.05) is 32.0 Å². The van der Waals surface area contributed by atoms with Crippen molar-refractivity contribution in [1.82, 2.24) is 9.80 Å². The SMILES string of the molecule is COc1cccc(C(=O)N(CC(=O)N2CCc3sccc3[C@@H]2COc2ccc(C(C)C)cc2)CC2CC2)c1. The normalized spacial score (nSPS) is 16.7. The number of rotatable bonds is 10. The summed E-state index contributed by atoms with van der Waals surface area (Å²) in [5.74, 6) is 2.19. The number of carbonyl (C=O) groups excluding carboxylic acids is 2.